The standard InChI is InChI=1S/C23H15Cl2N3O6/c24-14-3-1-4-15(25)19(14)20(30)26-16(22(32)33)11-12-7-9-13(10-8-12)27-21(31)17-5-2-6-18(29)28(17)23(27)34/h1-10,16H,11H2,(H,26,30)(H,32,33)/t16-/m0/s1. The molecule has 2 heterocycles. The summed E-state index contributed by atoms with van der Waals surface area (Å²) in [7, 11) is 0. The van der Waals surface area contributed by atoms with Crippen LogP contribution in [0.25, 0.3) is 0 Å². The number of amides is 3. The fraction of sp³-hybridized carbons (Fsp3) is 0.0870. The fourth-order valence-corrected chi connectivity index (χ4v) is 4.11. The molecule has 1 aromatic heterocycles. The van der Waals surface area contributed by atoms with Crippen LogP contribution in [0.5, 0.6) is 0 Å². The van der Waals surface area contributed by atoms with Crippen LogP contribution in [0.1, 0.15) is 26.4 Å². The topological polar surface area (TPSA) is 126 Å². The van der Waals surface area contributed by atoms with Crippen LogP contribution in [0.15, 0.2) is 65.5 Å². The molecular weight excluding hydrogens is 485 g/mol. The number of carboxylic acid groups (broad SMARTS) is 1. The molecule has 1 atom stereocenters. The van der Waals surface area contributed by atoms with Crippen LogP contribution < -0.4 is 15.8 Å². The molecule has 0 saturated carbocycles. The molecule has 9 nitrogen and oxygen atoms in total. The van der Waals surface area contributed by atoms with Crippen LogP contribution in [0.2, 0.25) is 10.0 Å². The molecule has 0 unspecified atom stereocenters. The van der Waals surface area contributed by atoms with Gasteiger partial charge >= 0.3 is 12.0 Å². The number of carboxylic acids is 1. The molecule has 0 spiro atoms. The molecule has 172 valence electrons. The van der Waals surface area contributed by atoms with Crippen molar-refractivity contribution in [2.75, 3.05) is 4.90 Å². The Labute approximate surface area is 202 Å². The summed E-state index contributed by atoms with van der Waals surface area (Å²) >= 11 is 12.0. The van der Waals surface area contributed by atoms with Crippen molar-refractivity contribution < 1.29 is 24.3 Å². The Bertz CT molecular complexity index is 1380. The molecule has 34 heavy (non-hydrogen) atoms. The summed E-state index contributed by atoms with van der Waals surface area (Å²) in [5.74, 6) is -2.67. The van der Waals surface area contributed by atoms with Gasteiger partial charge in [0.05, 0.1) is 21.3 Å². The third kappa shape index (κ3) is 4.18. The van der Waals surface area contributed by atoms with Gasteiger partial charge in [-0.15, -0.1) is 0 Å². The average molecular weight is 500 g/mol. The SMILES string of the molecule is O=C(N[C@@H](Cc1ccc(N2C(=O)c3cccc(=O)n3C2=O)cc1)C(=O)O)c1c(Cl)cccc1Cl. The van der Waals surface area contributed by atoms with E-state index in [0.717, 1.165) is 9.47 Å². The third-order valence-corrected chi connectivity index (χ3v) is 5.82. The summed E-state index contributed by atoms with van der Waals surface area (Å²) in [6.45, 7) is 0. The summed E-state index contributed by atoms with van der Waals surface area (Å²) in [4.78, 5) is 62.4. The smallest absolute Gasteiger partial charge is 0.343 e. The van der Waals surface area contributed by atoms with E-state index in [1.807, 2.05) is 0 Å². The number of aromatic nitrogens is 1. The van der Waals surface area contributed by atoms with Crippen molar-refractivity contribution in [3.63, 3.8) is 0 Å². The first-order valence-corrected chi connectivity index (χ1v) is 10.6. The second-order valence-corrected chi connectivity index (χ2v) is 8.15. The van der Waals surface area contributed by atoms with E-state index in [1.54, 1.807) is 6.07 Å². The normalized spacial score (nSPS) is 13.5. The number of carbonyl (C=O) groups excluding carboxylic acids is 3. The molecule has 0 fully saturated rings. The van der Waals surface area contributed by atoms with Crippen LogP contribution in [-0.2, 0) is 11.2 Å². The number of rotatable bonds is 6. The van der Waals surface area contributed by atoms with E-state index in [2.05, 4.69) is 5.32 Å². The molecule has 0 radical (unpaired) electrons. The molecule has 0 aliphatic carbocycles. The number of imide groups is 1. The van der Waals surface area contributed by atoms with E-state index >= 15 is 0 Å². The molecule has 4 rings (SSSR count). The number of carbonyl (C=O) groups is 4. The molecule has 2 N–H and O–H groups in total. The first-order valence-electron chi connectivity index (χ1n) is 9.86. The Kier molecular flexibility index (Phi) is 6.23. The van der Waals surface area contributed by atoms with Gasteiger partial charge in [-0.3, -0.25) is 14.4 Å². The molecule has 0 saturated heterocycles. The number of anilines is 1. The third-order valence-electron chi connectivity index (χ3n) is 5.19. The summed E-state index contributed by atoms with van der Waals surface area (Å²) < 4.78 is 0.784. The predicted molar refractivity (Wildman–Crippen MR) is 124 cm³/mol. The zero-order valence-electron chi connectivity index (χ0n) is 17.2. The van der Waals surface area contributed by atoms with E-state index in [-0.39, 0.29) is 33.4 Å². The highest BCUT2D eigenvalue weighted by atomic mass is 35.5. The quantitative estimate of drug-likeness (QED) is 0.536. The Morgan fingerprint density at radius 2 is 1.53 bits per heavy atom. The zero-order chi connectivity index (χ0) is 24.6. The molecule has 11 heteroatoms. The number of fused-ring (bicyclic) bond motifs is 1. The summed E-state index contributed by atoms with van der Waals surface area (Å²) in [6, 6.07) is 12.3. The minimum absolute atomic E-state index is 0.0340. The van der Waals surface area contributed by atoms with Gasteiger partial charge in [-0.25, -0.2) is 19.1 Å². The second-order valence-electron chi connectivity index (χ2n) is 7.34. The van der Waals surface area contributed by atoms with E-state index in [4.69, 9.17) is 23.2 Å². The van der Waals surface area contributed by atoms with Gasteiger partial charge in [0.1, 0.15) is 11.7 Å². The molecule has 0 bridgehead atoms. The van der Waals surface area contributed by atoms with E-state index in [1.165, 1.54) is 54.6 Å². The van der Waals surface area contributed by atoms with Gasteiger partial charge in [0.25, 0.3) is 17.4 Å². The summed E-state index contributed by atoms with van der Waals surface area (Å²) in [5, 5.41) is 12.1. The number of nitrogens with one attached hydrogen (secondary N) is 1. The Morgan fingerprint density at radius 1 is 0.912 bits per heavy atom. The van der Waals surface area contributed by atoms with Crippen molar-refractivity contribution >= 4 is 52.7 Å². The largest absolute Gasteiger partial charge is 0.480 e. The van der Waals surface area contributed by atoms with Crippen molar-refractivity contribution in [2.45, 2.75) is 12.5 Å². The second kappa shape index (κ2) is 9.12. The molecule has 2 aromatic carbocycles. The number of nitrogens with zero attached hydrogens (tertiary/aromatic N) is 2. The molecular formula is C23H15Cl2N3O6. The number of aliphatic carboxylic acids is 1. The number of hydrogen-bond acceptors (Lipinski definition) is 5. The van der Waals surface area contributed by atoms with Crippen molar-refractivity contribution in [3.05, 3.63) is 97.9 Å². The van der Waals surface area contributed by atoms with Gasteiger partial charge in [-0.2, -0.15) is 0 Å². The fourth-order valence-electron chi connectivity index (χ4n) is 3.54. The Hall–Kier alpha value is -3.95. The van der Waals surface area contributed by atoms with Crippen molar-refractivity contribution in [2.24, 2.45) is 0 Å². The van der Waals surface area contributed by atoms with Gasteiger partial charge in [0, 0.05) is 12.5 Å². The van der Waals surface area contributed by atoms with Gasteiger partial charge in [-0.1, -0.05) is 47.5 Å². The Balaban J connectivity index is 1.52. The van der Waals surface area contributed by atoms with Gasteiger partial charge in [0.2, 0.25) is 0 Å². The maximum Gasteiger partial charge on any atom is 0.343 e. The molecule has 3 amide bonds. The monoisotopic (exact) mass is 499 g/mol. The zero-order valence-corrected chi connectivity index (χ0v) is 18.7. The van der Waals surface area contributed by atoms with Crippen LogP contribution in [0, 0.1) is 0 Å². The maximum atomic E-state index is 12.6. The van der Waals surface area contributed by atoms with Crippen molar-refractivity contribution in [3.8, 4) is 0 Å². The molecule has 1 aliphatic rings. The summed E-state index contributed by atoms with van der Waals surface area (Å²) in [5.41, 5.74) is 0.0199. The van der Waals surface area contributed by atoms with E-state index < -0.39 is 35.4 Å². The number of halogens is 2. The molecule has 3 aromatic rings. The maximum absolute atomic E-state index is 12.6. The minimum atomic E-state index is -1.30. The number of benzene rings is 2. The highest BCUT2D eigenvalue weighted by Gasteiger charge is 2.37. The Morgan fingerprint density at radius 3 is 2.12 bits per heavy atom. The van der Waals surface area contributed by atoms with Crippen LogP contribution in [0.3, 0.4) is 0 Å². The van der Waals surface area contributed by atoms with Gasteiger partial charge in [-0.05, 0) is 35.9 Å². The van der Waals surface area contributed by atoms with Gasteiger partial charge < -0.3 is 10.4 Å². The molecule has 1 aliphatic heterocycles. The highest BCUT2D eigenvalue weighted by molar-refractivity contribution is 6.39. The van der Waals surface area contributed by atoms with E-state index in [9.17, 15) is 29.1 Å². The average Bonchev–Trinajstić information content (AvgIpc) is 3.05. The predicted octanol–water partition coefficient (Wildman–Crippen LogP) is 3.21. The minimum Gasteiger partial charge on any atom is -0.480 e. The highest BCUT2D eigenvalue weighted by Crippen LogP contribution is 2.25. The number of hydrogen-bond donors (Lipinski definition) is 2. The van der Waals surface area contributed by atoms with Crippen LogP contribution >= 0.6 is 23.2 Å². The van der Waals surface area contributed by atoms with E-state index in [0.29, 0.717) is 5.56 Å². The summed E-state index contributed by atoms with van der Waals surface area (Å²) in [6.07, 6.45) is -0.0923. The first kappa shape index (κ1) is 23.2. The van der Waals surface area contributed by atoms with Crippen molar-refractivity contribution in [1.82, 2.24) is 9.88 Å². The van der Waals surface area contributed by atoms with Crippen molar-refractivity contribution in [1.29, 1.82) is 0 Å². The first-order chi connectivity index (χ1) is 16.2. The number of pyridine rings is 1. The lowest BCUT2D eigenvalue weighted by atomic mass is 10.0. The van der Waals surface area contributed by atoms with Crippen LogP contribution in [0.4, 0.5) is 10.5 Å². The lowest BCUT2D eigenvalue weighted by molar-refractivity contribution is -0.139. The van der Waals surface area contributed by atoms with Crippen LogP contribution in [-0.4, -0.2) is 39.5 Å². The lowest BCUT2D eigenvalue weighted by Crippen LogP contribution is -2.42. The van der Waals surface area contributed by atoms with Gasteiger partial charge in [0.15, 0.2) is 0 Å². The lowest BCUT2D eigenvalue weighted by Gasteiger charge is -2.17.